The van der Waals surface area contributed by atoms with E-state index in [9.17, 15) is 9.00 Å². The first-order valence-electron chi connectivity index (χ1n) is 2.77. The zero-order chi connectivity index (χ0) is 8.15. The van der Waals surface area contributed by atoms with E-state index in [-0.39, 0.29) is 0 Å². The van der Waals surface area contributed by atoms with Gasteiger partial charge < -0.3 is 4.18 Å². The van der Waals surface area contributed by atoms with Gasteiger partial charge in [-0.25, -0.2) is 9.00 Å². The molecule has 0 bridgehead atoms. The molecule has 0 saturated carbocycles. The fourth-order valence-corrected chi connectivity index (χ4v) is 0.635. The van der Waals surface area contributed by atoms with Gasteiger partial charge in [0.2, 0.25) is 11.1 Å². The summed E-state index contributed by atoms with van der Waals surface area (Å²) in [6, 6.07) is 0. The van der Waals surface area contributed by atoms with Crippen molar-refractivity contribution in [3.05, 3.63) is 11.6 Å². The second-order valence-electron chi connectivity index (χ2n) is 1.74. The molecule has 0 rings (SSSR count). The van der Waals surface area contributed by atoms with Crippen LogP contribution >= 0.6 is 0 Å². The third kappa shape index (κ3) is 3.40. The molecule has 0 amide bonds. The van der Waals surface area contributed by atoms with E-state index in [0.717, 1.165) is 0 Å². The summed E-state index contributed by atoms with van der Waals surface area (Å²) < 4.78 is 14.7. The first kappa shape index (κ1) is 9.36. The second-order valence-corrected chi connectivity index (χ2v) is 2.71. The van der Waals surface area contributed by atoms with Gasteiger partial charge in [0.1, 0.15) is 0 Å². The molecule has 0 aliphatic rings. The Bertz CT molecular complexity index is 183. The number of hydrogen-bond donors (Lipinski definition) is 0. The van der Waals surface area contributed by atoms with Gasteiger partial charge >= 0.3 is 5.97 Å². The molecule has 0 spiro atoms. The Morgan fingerprint density at radius 1 is 1.60 bits per heavy atom. The first-order chi connectivity index (χ1) is 4.57. The summed E-state index contributed by atoms with van der Waals surface area (Å²) >= 11 is -1.51. The van der Waals surface area contributed by atoms with Gasteiger partial charge in [-0.15, -0.1) is 0 Å². The molecule has 1 unspecified atom stereocenters. The summed E-state index contributed by atoms with van der Waals surface area (Å²) in [5.74, 6) is -0.525. The molecule has 0 aromatic rings. The lowest BCUT2D eigenvalue weighted by atomic mass is 10.3. The Morgan fingerprint density at radius 2 is 2.10 bits per heavy atom. The maximum atomic E-state index is 10.7. The van der Waals surface area contributed by atoms with Crippen LogP contribution in [0.15, 0.2) is 11.6 Å². The zero-order valence-electron chi connectivity index (χ0n) is 6.21. The Balaban J connectivity index is 3.99. The number of allylic oxidation sites excluding steroid dienone is 1. The molecule has 0 aromatic carbocycles. The highest BCUT2D eigenvalue weighted by Crippen LogP contribution is 1.96. The van der Waals surface area contributed by atoms with Crippen LogP contribution in [0.3, 0.4) is 0 Å². The van der Waals surface area contributed by atoms with E-state index >= 15 is 0 Å². The van der Waals surface area contributed by atoms with Crippen molar-refractivity contribution in [2.24, 2.45) is 0 Å². The predicted molar refractivity (Wildman–Crippen MR) is 39.6 cm³/mol. The van der Waals surface area contributed by atoms with E-state index in [4.69, 9.17) is 0 Å². The average Bonchev–Trinajstić information content (AvgIpc) is 1.85. The Morgan fingerprint density at radius 3 is 2.40 bits per heavy atom. The molecule has 0 saturated heterocycles. The summed E-state index contributed by atoms with van der Waals surface area (Å²) in [7, 11) is 0. The molecule has 3 nitrogen and oxygen atoms in total. The minimum absolute atomic E-state index is 0.468. The summed E-state index contributed by atoms with van der Waals surface area (Å²) in [6.45, 7) is 3.32. The molecule has 0 fully saturated rings. The highest BCUT2D eigenvalue weighted by Gasteiger charge is 2.05. The van der Waals surface area contributed by atoms with Crippen molar-refractivity contribution in [2.75, 3.05) is 6.26 Å². The third-order valence-electron chi connectivity index (χ3n) is 0.948. The minimum Gasteiger partial charge on any atom is -0.361 e. The predicted octanol–water partition coefficient (Wildman–Crippen LogP) is 0.789. The van der Waals surface area contributed by atoms with E-state index in [0.29, 0.717) is 5.57 Å². The molecule has 0 heterocycles. The highest BCUT2D eigenvalue weighted by atomic mass is 32.2. The molecule has 10 heavy (non-hydrogen) atoms. The van der Waals surface area contributed by atoms with E-state index in [1.807, 2.05) is 0 Å². The van der Waals surface area contributed by atoms with Crippen molar-refractivity contribution in [3.8, 4) is 0 Å². The second kappa shape index (κ2) is 4.22. The van der Waals surface area contributed by atoms with Crippen molar-refractivity contribution in [1.29, 1.82) is 0 Å². The fourth-order valence-electron chi connectivity index (χ4n) is 0.290. The topological polar surface area (TPSA) is 43.4 Å². The van der Waals surface area contributed by atoms with Gasteiger partial charge in [-0.1, -0.05) is 6.08 Å². The summed E-state index contributed by atoms with van der Waals surface area (Å²) in [5, 5.41) is 0. The summed E-state index contributed by atoms with van der Waals surface area (Å²) in [5.41, 5.74) is 0.468. The van der Waals surface area contributed by atoms with Crippen molar-refractivity contribution in [2.45, 2.75) is 13.8 Å². The van der Waals surface area contributed by atoms with Gasteiger partial charge in [0.05, 0.1) is 0 Å². The number of carbonyl (C=O) groups excluding carboxylic acids is 1. The van der Waals surface area contributed by atoms with Gasteiger partial charge in [-0.05, 0) is 13.8 Å². The zero-order valence-corrected chi connectivity index (χ0v) is 7.03. The molecule has 0 N–H and O–H groups in total. The fraction of sp³-hybridized carbons (Fsp3) is 0.500. The van der Waals surface area contributed by atoms with Crippen LogP contribution in [0.4, 0.5) is 0 Å². The lowest BCUT2D eigenvalue weighted by Gasteiger charge is -1.97. The first-order valence-corrected chi connectivity index (χ1v) is 4.25. The lowest BCUT2D eigenvalue weighted by Crippen LogP contribution is -2.06. The van der Waals surface area contributed by atoms with Crippen LogP contribution < -0.4 is 0 Å². The van der Waals surface area contributed by atoms with Gasteiger partial charge in [-0.3, -0.25) is 0 Å². The van der Waals surface area contributed by atoms with Crippen molar-refractivity contribution >= 4 is 17.0 Å². The van der Waals surface area contributed by atoms with Crippen LogP contribution in [0.5, 0.6) is 0 Å². The molecule has 0 aromatic heterocycles. The van der Waals surface area contributed by atoms with Gasteiger partial charge in [0.15, 0.2) is 0 Å². The molecule has 58 valence electrons. The number of carbonyl (C=O) groups is 1. The molecule has 0 aliphatic carbocycles. The summed E-state index contributed by atoms with van der Waals surface area (Å²) in [6.07, 6.45) is 2.91. The van der Waals surface area contributed by atoms with Gasteiger partial charge in [-0.2, -0.15) is 0 Å². The standard InChI is InChI=1S/C6H10O3S/c1-4-5(2)6(7)9-10(3)8/h4H,1-3H3. The monoisotopic (exact) mass is 162 g/mol. The molecule has 1 atom stereocenters. The van der Waals surface area contributed by atoms with Gasteiger partial charge in [0.25, 0.3) is 0 Å². The van der Waals surface area contributed by atoms with Crippen LogP contribution in [-0.2, 0) is 20.1 Å². The smallest absolute Gasteiger partial charge is 0.347 e. The van der Waals surface area contributed by atoms with E-state index in [1.165, 1.54) is 6.26 Å². The maximum absolute atomic E-state index is 10.7. The van der Waals surface area contributed by atoms with E-state index in [2.05, 4.69) is 4.18 Å². The van der Waals surface area contributed by atoms with Crippen molar-refractivity contribution in [3.63, 3.8) is 0 Å². The molecular formula is C6H10O3S. The SMILES string of the molecule is CC=C(C)C(=O)OS(C)=O. The maximum Gasteiger partial charge on any atom is 0.347 e. The van der Waals surface area contributed by atoms with Crippen LogP contribution in [0, 0.1) is 0 Å². The van der Waals surface area contributed by atoms with Gasteiger partial charge in [0, 0.05) is 11.8 Å². The molecule has 0 aliphatic heterocycles. The van der Waals surface area contributed by atoms with Crippen molar-refractivity contribution < 1.29 is 13.2 Å². The Labute approximate surface area is 62.7 Å². The van der Waals surface area contributed by atoms with Crippen LogP contribution in [0.25, 0.3) is 0 Å². The minimum atomic E-state index is -1.51. The van der Waals surface area contributed by atoms with Crippen LogP contribution in [0.2, 0.25) is 0 Å². The average molecular weight is 162 g/mol. The Kier molecular flexibility index (Phi) is 3.95. The lowest BCUT2D eigenvalue weighted by molar-refractivity contribution is -0.129. The van der Waals surface area contributed by atoms with E-state index < -0.39 is 17.0 Å². The molecule has 4 heteroatoms. The largest absolute Gasteiger partial charge is 0.361 e. The quantitative estimate of drug-likeness (QED) is 0.564. The Hall–Kier alpha value is -0.640. The third-order valence-corrected chi connectivity index (χ3v) is 1.33. The van der Waals surface area contributed by atoms with Crippen LogP contribution in [-0.4, -0.2) is 16.4 Å². The normalized spacial score (nSPS) is 14.5. The highest BCUT2D eigenvalue weighted by molar-refractivity contribution is 7.79. The number of hydrogen-bond acceptors (Lipinski definition) is 3. The molecular weight excluding hydrogens is 152 g/mol. The van der Waals surface area contributed by atoms with E-state index in [1.54, 1.807) is 19.9 Å². The van der Waals surface area contributed by atoms with Crippen LogP contribution in [0.1, 0.15) is 13.8 Å². The molecule has 0 radical (unpaired) electrons. The number of rotatable bonds is 2. The summed E-state index contributed by atoms with van der Waals surface area (Å²) in [4.78, 5) is 10.7. The van der Waals surface area contributed by atoms with Crippen molar-refractivity contribution in [1.82, 2.24) is 0 Å².